The van der Waals surface area contributed by atoms with Gasteiger partial charge in [0.2, 0.25) is 5.91 Å². The topological polar surface area (TPSA) is 95.9 Å². The van der Waals surface area contributed by atoms with Crippen LogP contribution < -0.4 is 15.0 Å². The van der Waals surface area contributed by atoms with Gasteiger partial charge >= 0.3 is 5.97 Å². The number of nitrogens with one attached hydrogen (secondary N) is 1. The number of anilines is 1. The fourth-order valence-corrected chi connectivity index (χ4v) is 3.68. The van der Waals surface area contributed by atoms with Crippen LogP contribution in [0.4, 0.5) is 5.69 Å². The molecule has 7 heteroatoms. The van der Waals surface area contributed by atoms with Crippen molar-refractivity contribution in [2.75, 3.05) is 24.6 Å². The Morgan fingerprint density at radius 3 is 2.64 bits per heavy atom. The van der Waals surface area contributed by atoms with Crippen LogP contribution in [0, 0.1) is 12.8 Å². The molecule has 1 saturated heterocycles. The van der Waals surface area contributed by atoms with E-state index in [9.17, 15) is 19.5 Å². The number of fused-ring (bicyclic) bond motifs is 1. The molecule has 0 bridgehead atoms. The highest BCUT2D eigenvalue weighted by Crippen LogP contribution is 2.33. The van der Waals surface area contributed by atoms with Crippen LogP contribution in [0.1, 0.15) is 22.3 Å². The highest BCUT2D eigenvalue weighted by Gasteiger charge is 2.35. The smallest absolute Gasteiger partial charge is 0.308 e. The lowest BCUT2D eigenvalue weighted by Crippen LogP contribution is -2.26. The summed E-state index contributed by atoms with van der Waals surface area (Å²) in [6, 6.07) is 11.1. The third-order valence-corrected chi connectivity index (χ3v) is 5.16. The van der Waals surface area contributed by atoms with Crippen molar-refractivity contribution in [3.63, 3.8) is 0 Å². The molecule has 0 aromatic heterocycles. The zero-order valence-electron chi connectivity index (χ0n) is 15.4. The first-order valence-electron chi connectivity index (χ1n) is 9.13. The van der Waals surface area contributed by atoms with Crippen LogP contribution in [0.5, 0.6) is 5.75 Å². The molecule has 2 amide bonds. The molecule has 7 nitrogen and oxygen atoms in total. The third-order valence-electron chi connectivity index (χ3n) is 5.16. The van der Waals surface area contributed by atoms with Crippen LogP contribution in [0.2, 0.25) is 0 Å². The number of ether oxygens (including phenoxy) is 1. The van der Waals surface area contributed by atoms with Crippen LogP contribution in [-0.4, -0.2) is 42.6 Å². The number of carboxylic acid groups (broad SMARTS) is 1. The quantitative estimate of drug-likeness (QED) is 0.851. The summed E-state index contributed by atoms with van der Waals surface area (Å²) < 4.78 is 5.59. The van der Waals surface area contributed by atoms with Gasteiger partial charge in [-0.3, -0.25) is 14.4 Å². The largest absolute Gasteiger partial charge is 0.491 e. The second-order valence-electron chi connectivity index (χ2n) is 7.06. The molecular formula is C21H20N2O5. The fraction of sp³-hybridized carbons (Fsp3) is 0.286. The standard InChI is InChI=1S/C21H20N2O5/c1-12-8-13(2-4-17(12)23-11-15(21(26)27)10-19(23)24)14-3-5-18-16(9-14)20(25)22-6-7-28-18/h2-5,8-9,15H,6-7,10-11H2,1H3,(H,22,25)(H,26,27). The zero-order valence-corrected chi connectivity index (χ0v) is 15.4. The van der Waals surface area contributed by atoms with Crippen molar-refractivity contribution in [3.05, 3.63) is 47.5 Å². The lowest BCUT2D eigenvalue weighted by molar-refractivity contribution is -0.141. The molecule has 4 rings (SSSR count). The number of nitrogens with zero attached hydrogens (tertiary/aromatic N) is 1. The molecule has 0 radical (unpaired) electrons. The number of hydrogen-bond acceptors (Lipinski definition) is 4. The molecule has 28 heavy (non-hydrogen) atoms. The maximum Gasteiger partial charge on any atom is 0.308 e. The fourth-order valence-electron chi connectivity index (χ4n) is 3.68. The predicted octanol–water partition coefficient (Wildman–Crippen LogP) is 2.22. The Bertz CT molecular complexity index is 985. The van der Waals surface area contributed by atoms with Gasteiger partial charge in [-0.15, -0.1) is 0 Å². The summed E-state index contributed by atoms with van der Waals surface area (Å²) in [6.07, 6.45) is 0.0243. The third kappa shape index (κ3) is 3.19. The first-order chi connectivity index (χ1) is 13.4. The van der Waals surface area contributed by atoms with Gasteiger partial charge in [0.1, 0.15) is 12.4 Å². The van der Waals surface area contributed by atoms with Gasteiger partial charge < -0.3 is 20.1 Å². The lowest BCUT2D eigenvalue weighted by Gasteiger charge is -2.19. The van der Waals surface area contributed by atoms with E-state index < -0.39 is 11.9 Å². The highest BCUT2D eigenvalue weighted by molar-refractivity contribution is 6.00. The first-order valence-corrected chi connectivity index (χ1v) is 9.13. The molecule has 1 atom stereocenters. The summed E-state index contributed by atoms with van der Waals surface area (Å²) >= 11 is 0. The minimum absolute atomic E-state index is 0.0243. The van der Waals surface area contributed by atoms with Crippen molar-refractivity contribution in [2.45, 2.75) is 13.3 Å². The lowest BCUT2D eigenvalue weighted by atomic mass is 9.99. The normalized spacial score (nSPS) is 18.9. The SMILES string of the molecule is Cc1cc(-c2ccc3c(c2)C(=O)NCCO3)ccc1N1CC(C(=O)O)CC1=O. The van der Waals surface area contributed by atoms with Gasteiger partial charge in [0, 0.05) is 18.7 Å². The van der Waals surface area contributed by atoms with Crippen molar-refractivity contribution in [1.82, 2.24) is 5.32 Å². The van der Waals surface area contributed by atoms with Gasteiger partial charge in [-0.25, -0.2) is 0 Å². The Hall–Kier alpha value is -3.35. The average Bonchev–Trinajstić information content (AvgIpc) is 2.96. The van der Waals surface area contributed by atoms with E-state index in [0.29, 0.717) is 30.2 Å². The van der Waals surface area contributed by atoms with E-state index in [-0.39, 0.29) is 24.8 Å². The molecule has 2 aliphatic rings. The summed E-state index contributed by atoms with van der Waals surface area (Å²) in [5.41, 5.74) is 3.85. The Balaban J connectivity index is 1.65. The second-order valence-corrected chi connectivity index (χ2v) is 7.06. The van der Waals surface area contributed by atoms with Crippen LogP contribution in [0.25, 0.3) is 11.1 Å². The average molecular weight is 380 g/mol. The summed E-state index contributed by atoms with van der Waals surface area (Å²) in [5, 5.41) is 12.0. The Morgan fingerprint density at radius 1 is 1.18 bits per heavy atom. The molecular weight excluding hydrogens is 360 g/mol. The van der Waals surface area contributed by atoms with Crippen molar-refractivity contribution >= 4 is 23.5 Å². The zero-order chi connectivity index (χ0) is 19.8. The predicted molar refractivity (Wildman–Crippen MR) is 103 cm³/mol. The van der Waals surface area contributed by atoms with Gasteiger partial charge in [-0.2, -0.15) is 0 Å². The second kappa shape index (κ2) is 6.99. The molecule has 1 fully saturated rings. The molecule has 2 aromatic carbocycles. The Labute approximate surface area is 161 Å². The molecule has 2 heterocycles. The summed E-state index contributed by atoms with van der Waals surface area (Å²) in [7, 11) is 0. The van der Waals surface area contributed by atoms with Gasteiger partial charge in [0.05, 0.1) is 18.0 Å². The summed E-state index contributed by atoms with van der Waals surface area (Å²) in [6.45, 7) is 2.98. The number of carboxylic acids is 1. The monoisotopic (exact) mass is 380 g/mol. The molecule has 0 saturated carbocycles. The number of rotatable bonds is 3. The van der Waals surface area contributed by atoms with E-state index in [2.05, 4.69) is 5.32 Å². The van der Waals surface area contributed by atoms with E-state index in [1.165, 1.54) is 4.90 Å². The van der Waals surface area contributed by atoms with E-state index >= 15 is 0 Å². The number of benzene rings is 2. The number of amides is 2. The van der Waals surface area contributed by atoms with Crippen molar-refractivity contribution in [3.8, 4) is 16.9 Å². The van der Waals surface area contributed by atoms with Gasteiger partial charge in [0.25, 0.3) is 5.91 Å². The molecule has 2 aromatic rings. The van der Waals surface area contributed by atoms with Crippen molar-refractivity contribution in [2.24, 2.45) is 5.92 Å². The molecule has 2 N–H and O–H groups in total. The van der Waals surface area contributed by atoms with Crippen LogP contribution in [0.3, 0.4) is 0 Å². The summed E-state index contributed by atoms with van der Waals surface area (Å²) in [4.78, 5) is 37.2. The van der Waals surface area contributed by atoms with Crippen LogP contribution >= 0.6 is 0 Å². The minimum atomic E-state index is -0.949. The van der Waals surface area contributed by atoms with Crippen LogP contribution in [-0.2, 0) is 9.59 Å². The first kappa shape index (κ1) is 18.0. The van der Waals surface area contributed by atoms with Crippen LogP contribution in [0.15, 0.2) is 36.4 Å². The maximum atomic E-state index is 12.2. The molecule has 2 aliphatic heterocycles. The maximum absolute atomic E-state index is 12.2. The van der Waals surface area contributed by atoms with Gasteiger partial charge in [0.15, 0.2) is 0 Å². The number of carbonyl (C=O) groups is 3. The van der Waals surface area contributed by atoms with E-state index in [0.717, 1.165) is 16.7 Å². The number of aryl methyl sites for hydroxylation is 1. The highest BCUT2D eigenvalue weighted by atomic mass is 16.5. The minimum Gasteiger partial charge on any atom is -0.491 e. The van der Waals surface area contributed by atoms with Crippen molar-refractivity contribution < 1.29 is 24.2 Å². The summed E-state index contributed by atoms with van der Waals surface area (Å²) in [5.74, 6) is -1.40. The number of carbonyl (C=O) groups excluding carboxylic acids is 2. The van der Waals surface area contributed by atoms with Gasteiger partial charge in [-0.05, 0) is 47.9 Å². The van der Waals surface area contributed by atoms with E-state index in [1.807, 2.05) is 31.2 Å². The molecule has 0 aliphatic carbocycles. The molecule has 144 valence electrons. The molecule has 1 unspecified atom stereocenters. The Morgan fingerprint density at radius 2 is 1.93 bits per heavy atom. The molecule has 0 spiro atoms. The van der Waals surface area contributed by atoms with E-state index in [4.69, 9.17) is 4.74 Å². The number of aliphatic carboxylic acids is 1. The van der Waals surface area contributed by atoms with Crippen molar-refractivity contribution in [1.29, 1.82) is 0 Å². The Kier molecular flexibility index (Phi) is 4.50. The van der Waals surface area contributed by atoms with Gasteiger partial charge in [-0.1, -0.05) is 12.1 Å². The van der Waals surface area contributed by atoms with E-state index in [1.54, 1.807) is 12.1 Å². The number of hydrogen-bond donors (Lipinski definition) is 2.